The maximum absolute atomic E-state index is 12.7. The van der Waals surface area contributed by atoms with Crippen LogP contribution in [0.3, 0.4) is 0 Å². The molecule has 1 N–H and O–H groups in total. The normalized spacial score (nSPS) is 12.6. The lowest BCUT2D eigenvalue weighted by Gasteiger charge is -2.18. The molecule has 1 aliphatic heterocycles. The number of hydrogen-bond acceptors (Lipinski definition) is 6. The minimum absolute atomic E-state index is 0.251. The first kappa shape index (κ1) is 19.4. The third kappa shape index (κ3) is 3.82. The molecule has 0 saturated heterocycles. The number of anilines is 1. The van der Waals surface area contributed by atoms with Gasteiger partial charge in [-0.1, -0.05) is 0 Å². The second-order valence-corrected chi connectivity index (χ2v) is 7.72. The Bertz CT molecular complexity index is 1300. The zero-order chi connectivity index (χ0) is 21.4. The van der Waals surface area contributed by atoms with Crippen molar-refractivity contribution in [3.8, 4) is 28.7 Å². The molecule has 0 fully saturated rings. The highest BCUT2D eigenvalue weighted by Gasteiger charge is 2.16. The van der Waals surface area contributed by atoms with Gasteiger partial charge in [0.15, 0.2) is 17.1 Å². The number of nitrogens with one attached hydrogen (secondary N) is 1. The van der Waals surface area contributed by atoms with Crippen LogP contribution in [0.25, 0.3) is 22.6 Å². The van der Waals surface area contributed by atoms with Gasteiger partial charge in [-0.3, -0.25) is 4.79 Å². The number of methoxy groups -OCH3 is 1. The summed E-state index contributed by atoms with van der Waals surface area (Å²) >= 11 is 3.47. The monoisotopic (exact) mass is 480 g/mol. The summed E-state index contributed by atoms with van der Waals surface area (Å²) in [6, 6.07) is 16.1. The summed E-state index contributed by atoms with van der Waals surface area (Å²) in [6.07, 6.45) is 0. The van der Waals surface area contributed by atoms with Crippen molar-refractivity contribution >= 4 is 38.6 Å². The molecular formula is C23H17BrN2O5. The summed E-state index contributed by atoms with van der Waals surface area (Å²) in [7, 11) is 1.61. The third-order valence-corrected chi connectivity index (χ3v) is 5.47. The zero-order valence-corrected chi connectivity index (χ0v) is 18.1. The van der Waals surface area contributed by atoms with E-state index < -0.39 is 0 Å². The number of nitrogens with zero attached hydrogens (tertiary/aromatic N) is 1. The summed E-state index contributed by atoms with van der Waals surface area (Å²) in [5.41, 5.74) is 3.17. The number of fused-ring (bicyclic) bond motifs is 2. The molecule has 3 aromatic carbocycles. The minimum atomic E-state index is -0.251. The Hall–Kier alpha value is -3.52. The first-order valence-corrected chi connectivity index (χ1v) is 10.4. The summed E-state index contributed by atoms with van der Waals surface area (Å²) in [5, 5.41) is 2.89. The van der Waals surface area contributed by atoms with Crippen LogP contribution in [0.5, 0.6) is 17.2 Å². The van der Waals surface area contributed by atoms with E-state index in [1.165, 1.54) is 0 Å². The van der Waals surface area contributed by atoms with Crippen LogP contribution in [0.4, 0.5) is 5.69 Å². The molecule has 0 saturated carbocycles. The average Bonchev–Trinajstić information content (AvgIpc) is 3.22. The lowest BCUT2D eigenvalue weighted by atomic mass is 10.1. The highest BCUT2D eigenvalue weighted by Crippen LogP contribution is 2.33. The molecule has 31 heavy (non-hydrogen) atoms. The molecule has 1 aliphatic rings. The van der Waals surface area contributed by atoms with Crippen LogP contribution in [0.2, 0.25) is 0 Å². The van der Waals surface area contributed by atoms with E-state index >= 15 is 0 Å². The number of ether oxygens (including phenoxy) is 3. The van der Waals surface area contributed by atoms with Crippen LogP contribution in [-0.2, 0) is 0 Å². The molecular weight excluding hydrogens is 464 g/mol. The number of hydrogen-bond donors (Lipinski definition) is 1. The number of benzene rings is 3. The molecule has 0 unspecified atom stereocenters. The van der Waals surface area contributed by atoms with E-state index in [9.17, 15) is 4.79 Å². The van der Waals surface area contributed by atoms with E-state index in [2.05, 4.69) is 26.2 Å². The van der Waals surface area contributed by atoms with Crippen LogP contribution in [-0.4, -0.2) is 31.2 Å². The van der Waals surface area contributed by atoms with Crippen molar-refractivity contribution in [1.82, 2.24) is 4.98 Å². The number of oxazole rings is 1. The van der Waals surface area contributed by atoms with Crippen molar-refractivity contribution < 1.29 is 23.4 Å². The fourth-order valence-corrected chi connectivity index (χ4v) is 3.86. The summed E-state index contributed by atoms with van der Waals surface area (Å²) in [6.45, 7) is 0.972. The second-order valence-electron chi connectivity index (χ2n) is 6.86. The fraction of sp³-hybridized carbons (Fsp3) is 0.130. The van der Waals surface area contributed by atoms with Gasteiger partial charge >= 0.3 is 0 Å². The van der Waals surface area contributed by atoms with E-state index in [1.807, 2.05) is 18.2 Å². The quantitative estimate of drug-likeness (QED) is 0.427. The smallest absolute Gasteiger partial charge is 0.255 e. The van der Waals surface area contributed by atoms with Gasteiger partial charge in [0.1, 0.15) is 24.5 Å². The van der Waals surface area contributed by atoms with Crippen molar-refractivity contribution in [3.05, 3.63) is 64.6 Å². The maximum Gasteiger partial charge on any atom is 0.255 e. The Morgan fingerprint density at radius 3 is 2.68 bits per heavy atom. The molecule has 0 spiro atoms. The predicted octanol–water partition coefficient (Wildman–Crippen LogP) is 5.29. The molecule has 1 aromatic heterocycles. The van der Waals surface area contributed by atoms with Crippen molar-refractivity contribution in [2.24, 2.45) is 0 Å². The molecule has 0 atom stereocenters. The van der Waals surface area contributed by atoms with Crippen LogP contribution in [0.1, 0.15) is 10.4 Å². The number of rotatable bonds is 4. The minimum Gasteiger partial charge on any atom is -0.496 e. The molecule has 0 aliphatic carbocycles. The highest BCUT2D eigenvalue weighted by atomic mass is 79.9. The van der Waals surface area contributed by atoms with E-state index in [0.29, 0.717) is 53.0 Å². The van der Waals surface area contributed by atoms with Gasteiger partial charge in [-0.2, -0.15) is 0 Å². The van der Waals surface area contributed by atoms with E-state index in [0.717, 1.165) is 15.8 Å². The maximum atomic E-state index is 12.7. The predicted molar refractivity (Wildman–Crippen MR) is 119 cm³/mol. The Labute approximate surface area is 186 Å². The van der Waals surface area contributed by atoms with E-state index in [-0.39, 0.29) is 5.91 Å². The number of halogens is 1. The van der Waals surface area contributed by atoms with Gasteiger partial charge in [0.25, 0.3) is 5.91 Å². The molecule has 0 radical (unpaired) electrons. The molecule has 8 heteroatoms. The molecule has 1 amide bonds. The van der Waals surface area contributed by atoms with E-state index in [4.69, 9.17) is 18.6 Å². The SMILES string of the molecule is COc1ccc(-c2nc3cc(NC(=O)c4ccc5c(c4)OCCO5)ccc3o2)cc1Br. The van der Waals surface area contributed by atoms with Crippen molar-refractivity contribution in [1.29, 1.82) is 0 Å². The standard InChI is InChI=1S/C23H17BrN2O5/c1-28-18-5-3-14(10-16(18)24)23-26-17-12-15(4-7-19(17)31-23)25-22(27)13-2-6-20-21(11-13)30-9-8-29-20/h2-7,10-12H,8-9H2,1H3,(H,25,27). The van der Waals surface area contributed by atoms with Gasteiger partial charge in [0, 0.05) is 16.8 Å². The summed E-state index contributed by atoms with van der Waals surface area (Å²) in [4.78, 5) is 17.3. The molecule has 4 aromatic rings. The van der Waals surface area contributed by atoms with Crippen molar-refractivity contribution in [2.45, 2.75) is 0 Å². The van der Waals surface area contributed by atoms with Crippen LogP contribution in [0.15, 0.2) is 63.5 Å². The summed E-state index contributed by atoms with van der Waals surface area (Å²) < 4.78 is 23.0. The first-order valence-electron chi connectivity index (χ1n) is 9.56. The highest BCUT2D eigenvalue weighted by molar-refractivity contribution is 9.10. The Balaban J connectivity index is 1.39. The van der Waals surface area contributed by atoms with Gasteiger partial charge in [-0.25, -0.2) is 4.98 Å². The Morgan fingerprint density at radius 2 is 1.87 bits per heavy atom. The molecule has 0 bridgehead atoms. The lowest BCUT2D eigenvalue weighted by Crippen LogP contribution is -2.17. The number of carbonyl (C=O) groups excluding carboxylic acids is 1. The van der Waals surface area contributed by atoms with Gasteiger partial charge in [0.05, 0.1) is 11.6 Å². The number of carbonyl (C=O) groups is 1. The second kappa shape index (κ2) is 7.96. The van der Waals surface area contributed by atoms with Gasteiger partial charge in [0.2, 0.25) is 5.89 Å². The topological polar surface area (TPSA) is 82.8 Å². The number of amides is 1. The fourth-order valence-electron chi connectivity index (χ4n) is 3.32. The summed E-state index contributed by atoms with van der Waals surface area (Å²) in [5.74, 6) is 2.17. The third-order valence-electron chi connectivity index (χ3n) is 4.85. The van der Waals surface area contributed by atoms with Gasteiger partial charge in [-0.05, 0) is 70.5 Å². The van der Waals surface area contributed by atoms with Crippen LogP contribution >= 0.6 is 15.9 Å². The zero-order valence-electron chi connectivity index (χ0n) is 16.5. The average molecular weight is 481 g/mol. The molecule has 7 nitrogen and oxygen atoms in total. The number of aromatic nitrogens is 1. The van der Waals surface area contributed by atoms with Crippen LogP contribution < -0.4 is 19.5 Å². The van der Waals surface area contributed by atoms with Crippen LogP contribution in [0, 0.1) is 0 Å². The molecule has 5 rings (SSSR count). The Morgan fingerprint density at radius 1 is 1.03 bits per heavy atom. The lowest BCUT2D eigenvalue weighted by molar-refractivity contribution is 0.102. The van der Waals surface area contributed by atoms with Gasteiger partial charge < -0.3 is 23.9 Å². The first-order chi connectivity index (χ1) is 15.1. The van der Waals surface area contributed by atoms with Gasteiger partial charge in [-0.15, -0.1) is 0 Å². The Kier molecular flexibility index (Phi) is 4.99. The van der Waals surface area contributed by atoms with E-state index in [1.54, 1.807) is 43.5 Å². The van der Waals surface area contributed by atoms with Crippen molar-refractivity contribution in [3.63, 3.8) is 0 Å². The largest absolute Gasteiger partial charge is 0.496 e. The molecule has 2 heterocycles. The molecule has 156 valence electrons. The van der Waals surface area contributed by atoms with Crippen molar-refractivity contribution in [2.75, 3.05) is 25.6 Å².